The van der Waals surface area contributed by atoms with Gasteiger partial charge in [0.05, 0.1) is 32.7 Å². The molecule has 0 radical (unpaired) electrons. The van der Waals surface area contributed by atoms with Crippen molar-refractivity contribution in [3.05, 3.63) is 40.4 Å². The maximum Gasteiger partial charge on any atom is 0.415 e. The summed E-state index contributed by atoms with van der Waals surface area (Å²) in [6, 6.07) is 8.64. The molecule has 0 aliphatic carbocycles. The third-order valence-electron chi connectivity index (χ3n) is 4.46. The number of methoxy groups -OCH3 is 3. The first-order valence-electron chi connectivity index (χ1n) is 9.35. The van der Waals surface area contributed by atoms with E-state index < -0.39 is 17.7 Å². The molecule has 30 heavy (non-hydrogen) atoms. The molecule has 1 amide bonds. The Kier molecular flexibility index (Phi) is 6.26. The standard InChI is InChI=1S/C22H25BrN2O5/c1-22(2,3)30-21(26)25-16(12-24-15-9-7-8-14(23)19(15)25)13-10-17(27-4)20(29-6)18(11-13)28-5/h7-12,16H,1-6H3. The number of nitrogens with zero attached hydrogens (tertiary/aromatic N) is 2. The van der Waals surface area contributed by atoms with Gasteiger partial charge in [-0.2, -0.15) is 0 Å². The normalized spacial score (nSPS) is 15.4. The summed E-state index contributed by atoms with van der Waals surface area (Å²) in [5.74, 6) is 1.45. The van der Waals surface area contributed by atoms with Crippen LogP contribution in [0.5, 0.6) is 17.2 Å². The first-order valence-corrected chi connectivity index (χ1v) is 10.1. The Morgan fingerprint density at radius 3 is 2.23 bits per heavy atom. The number of benzene rings is 2. The van der Waals surface area contributed by atoms with Gasteiger partial charge >= 0.3 is 6.09 Å². The first kappa shape index (κ1) is 22.0. The van der Waals surface area contributed by atoms with Crippen LogP contribution in [0.2, 0.25) is 0 Å². The minimum absolute atomic E-state index is 0.474. The topological polar surface area (TPSA) is 69.6 Å². The molecule has 3 rings (SSSR count). The van der Waals surface area contributed by atoms with Gasteiger partial charge in [0.25, 0.3) is 0 Å². The lowest BCUT2D eigenvalue weighted by molar-refractivity contribution is 0.0573. The second-order valence-corrected chi connectivity index (χ2v) is 8.49. The van der Waals surface area contributed by atoms with Crippen LogP contribution in [-0.2, 0) is 4.74 Å². The summed E-state index contributed by atoms with van der Waals surface area (Å²) < 4.78 is 22.8. The number of amides is 1. The van der Waals surface area contributed by atoms with Crippen LogP contribution in [0.25, 0.3) is 0 Å². The molecule has 1 aliphatic heterocycles. The van der Waals surface area contributed by atoms with Crippen molar-refractivity contribution in [1.82, 2.24) is 0 Å². The molecule has 160 valence electrons. The largest absolute Gasteiger partial charge is 0.493 e. The zero-order valence-corrected chi connectivity index (χ0v) is 19.4. The van der Waals surface area contributed by atoms with Crippen molar-refractivity contribution in [2.24, 2.45) is 4.99 Å². The van der Waals surface area contributed by atoms with Crippen LogP contribution in [0.4, 0.5) is 16.2 Å². The second kappa shape index (κ2) is 8.55. The van der Waals surface area contributed by atoms with Gasteiger partial charge in [0, 0.05) is 10.7 Å². The van der Waals surface area contributed by atoms with Crippen LogP contribution < -0.4 is 19.1 Å². The molecular weight excluding hydrogens is 452 g/mol. The number of anilines is 1. The SMILES string of the molecule is COc1cc(C2C=Nc3cccc(Br)c3N2C(=O)OC(C)(C)C)cc(OC)c1OC. The number of carbonyl (C=O) groups is 1. The molecule has 1 unspecified atom stereocenters. The Balaban J connectivity index is 2.18. The van der Waals surface area contributed by atoms with Crippen LogP contribution in [0.15, 0.2) is 39.8 Å². The predicted octanol–water partition coefficient (Wildman–Crippen LogP) is 5.67. The van der Waals surface area contributed by atoms with Gasteiger partial charge in [-0.1, -0.05) is 6.07 Å². The Morgan fingerprint density at radius 1 is 1.07 bits per heavy atom. The zero-order chi connectivity index (χ0) is 22.1. The first-order chi connectivity index (χ1) is 14.2. The average Bonchev–Trinajstić information content (AvgIpc) is 2.70. The van der Waals surface area contributed by atoms with Crippen LogP contribution in [0.1, 0.15) is 32.4 Å². The highest BCUT2D eigenvalue weighted by molar-refractivity contribution is 9.10. The van der Waals surface area contributed by atoms with Crippen molar-refractivity contribution >= 4 is 39.6 Å². The summed E-state index contributed by atoms with van der Waals surface area (Å²) in [5.41, 5.74) is 1.37. The van der Waals surface area contributed by atoms with E-state index in [0.717, 1.165) is 10.0 Å². The van der Waals surface area contributed by atoms with E-state index >= 15 is 0 Å². The third-order valence-corrected chi connectivity index (χ3v) is 5.10. The highest BCUT2D eigenvalue weighted by Crippen LogP contribution is 2.46. The quantitative estimate of drug-likeness (QED) is 0.567. The van der Waals surface area contributed by atoms with Gasteiger partial charge in [0.2, 0.25) is 5.75 Å². The number of hydrogen-bond donors (Lipinski definition) is 0. The van der Waals surface area contributed by atoms with Gasteiger partial charge < -0.3 is 18.9 Å². The number of ether oxygens (including phenoxy) is 4. The average molecular weight is 477 g/mol. The molecule has 0 fully saturated rings. The fraction of sp³-hybridized carbons (Fsp3) is 0.364. The Bertz CT molecular complexity index is 959. The molecule has 0 saturated carbocycles. The molecule has 1 aliphatic rings. The lowest BCUT2D eigenvalue weighted by Gasteiger charge is -2.35. The fourth-order valence-electron chi connectivity index (χ4n) is 3.23. The molecule has 0 aromatic heterocycles. The summed E-state index contributed by atoms with van der Waals surface area (Å²) in [7, 11) is 4.64. The molecule has 0 bridgehead atoms. The van der Waals surface area contributed by atoms with Crippen LogP contribution in [0.3, 0.4) is 0 Å². The van der Waals surface area contributed by atoms with Crippen LogP contribution >= 0.6 is 15.9 Å². The highest BCUT2D eigenvalue weighted by Gasteiger charge is 2.36. The van der Waals surface area contributed by atoms with E-state index in [1.807, 2.05) is 39.0 Å². The summed E-state index contributed by atoms with van der Waals surface area (Å²) in [4.78, 5) is 19.4. The molecule has 2 aromatic rings. The molecular formula is C22H25BrN2O5. The summed E-state index contributed by atoms with van der Waals surface area (Å²) in [5, 5.41) is 0. The van der Waals surface area contributed by atoms with E-state index in [1.165, 1.54) is 0 Å². The van der Waals surface area contributed by atoms with Crippen LogP contribution in [-0.4, -0.2) is 39.2 Å². The van der Waals surface area contributed by atoms with E-state index in [2.05, 4.69) is 20.9 Å². The molecule has 0 N–H and O–H groups in total. The number of aliphatic imine (C=N–C) groups is 1. The highest BCUT2D eigenvalue weighted by atomic mass is 79.9. The number of rotatable bonds is 4. The van der Waals surface area contributed by atoms with Crippen molar-refractivity contribution in [3.8, 4) is 17.2 Å². The minimum atomic E-state index is -0.660. The van der Waals surface area contributed by atoms with Crippen molar-refractivity contribution in [2.45, 2.75) is 32.4 Å². The summed E-state index contributed by atoms with van der Waals surface area (Å²) >= 11 is 3.56. The van der Waals surface area contributed by atoms with E-state index in [0.29, 0.717) is 28.6 Å². The van der Waals surface area contributed by atoms with Crippen molar-refractivity contribution in [1.29, 1.82) is 0 Å². The lowest BCUT2D eigenvalue weighted by atomic mass is 10.0. The van der Waals surface area contributed by atoms with Crippen molar-refractivity contribution in [2.75, 3.05) is 26.2 Å². The smallest absolute Gasteiger partial charge is 0.415 e. The Labute approximate surface area is 184 Å². The summed E-state index contributed by atoms with van der Waals surface area (Å²) in [6.07, 6.45) is 1.22. The molecule has 8 heteroatoms. The molecule has 1 atom stereocenters. The second-order valence-electron chi connectivity index (χ2n) is 7.64. The number of hydrogen-bond acceptors (Lipinski definition) is 6. The number of carbonyl (C=O) groups excluding carboxylic acids is 1. The van der Waals surface area contributed by atoms with Gasteiger partial charge in [-0.25, -0.2) is 4.79 Å². The number of halogens is 1. The molecule has 0 saturated heterocycles. The maximum absolute atomic E-state index is 13.3. The van der Waals surface area contributed by atoms with Gasteiger partial charge in [-0.3, -0.25) is 9.89 Å². The van der Waals surface area contributed by atoms with Gasteiger partial charge in [0.15, 0.2) is 11.5 Å². The monoisotopic (exact) mass is 476 g/mol. The number of para-hydroxylation sites is 1. The fourth-order valence-corrected chi connectivity index (χ4v) is 3.77. The molecule has 2 aromatic carbocycles. The lowest BCUT2D eigenvalue weighted by Crippen LogP contribution is -2.41. The molecule has 1 heterocycles. The van der Waals surface area contributed by atoms with Gasteiger partial charge in [-0.05, 0) is 66.5 Å². The maximum atomic E-state index is 13.3. The van der Waals surface area contributed by atoms with E-state index in [9.17, 15) is 4.79 Å². The molecule has 0 spiro atoms. The van der Waals surface area contributed by atoms with Gasteiger partial charge in [0.1, 0.15) is 11.6 Å². The van der Waals surface area contributed by atoms with Crippen molar-refractivity contribution in [3.63, 3.8) is 0 Å². The minimum Gasteiger partial charge on any atom is -0.493 e. The Morgan fingerprint density at radius 2 is 1.70 bits per heavy atom. The Hall–Kier alpha value is -2.74. The van der Waals surface area contributed by atoms with E-state index in [1.54, 1.807) is 44.6 Å². The summed E-state index contributed by atoms with van der Waals surface area (Å²) in [6.45, 7) is 5.50. The van der Waals surface area contributed by atoms with Crippen LogP contribution in [0, 0.1) is 0 Å². The molecule has 7 nitrogen and oxygen atoms in total. The van der Waals surface area contributed by atoms with Crippen molar-refractivity contribution < 1.29 is 23.7 Å². The van der Waals surface area contributed by atoms with Gasteiger partial charge in [-0.15, -0.1) is 0 Å². The zero-order valence-electron chi connectivity index (χ0n) is 17.9. The number of fused-ring (bicyclic) bond motifs is 1. The van der Waals surface area contributed by atoms with E-state index in [-0.39, 0.29) is 0 Å². The third kappa shape index (κ3) is 4.23. The predicted molar refractivity (Wildman–Crippen MR) is 120 cm³/mol. The van der Waals surface area contributed by atoms with E-state index in [4.69, 9.17) is 18.9 Å².